The number of hydrogen-bond acceptors (Lipinski definition) is 2. The first-order chi connectivity index (χ1) is 9.71. The van der Waals surface area contributed by atoms with Gasteiger partial charge in [0.05, 0.1) is 0 Å². The van der Waals surface area contributed by atoms with Crippen molar-refractivity contribution in [1.82, 2.24) is 10.2 Å². The molecule has 0 spiro atoms. The van der Waals surface area contributed by atoms with Crippen molar-refractivity contribution >= 4 is 0 Å². The van der Waals surface area contributed by atoms with E-state index in [4.69, 9.17) is 0 Å². The second-order valence-corrected chi connectivity index (χ2v) is 7.13. The van der Waals surface area contributed by atoms with Gasteiger partial charge in [-0.2, -0.15) is 0 Å². The molecule has 2 heteroatoms. The Balaban J connectivity index is 2.09. The quantitative estimate of drug-likeness (QED) is 0.784. The van der Waals surface area contributed by atoms with Crippen LogP contribution in [0.4, 0.5) is 0 Å². The monoisotopic (exact) mass is 280 g/mol. The zero-order valence-electron chi connectivity index (χ0n) is 14.2. The van der Waals surface area contributed by atoms with Crippen molar-refractivity contribution in [3.05, 3.63) is 0 Å². The summed E-state index contributed by atoms with van der Waals surface area (Å²) in [5.41, 5.74) is 0. The van der Waals surface area contributed by atoms with E-state index >= 15 is 0 Å². The van der Waals surface area contributed by atoms with E-state index in [9.17, 15) is 0 Å². The molecule has 1 saturated heterocycles. The molecular formula is C18H36N2. The highest BCUT2D eigenvalue weighted by Crippen LogP contribution is 2.37. The Morgan fingerprint density at radius 2 is 1.85 bits per heavy atom. The Hall–Kier alpha value is -0.0800. The van der Waals surface area contributed by atoms with Gasteiger partial charge in [0.1, 0.15) is 0 Å². The smallest absolute Gasteiger partial charge is 0.0257 e. The molecule has 118 valence electrons. The molecule has 2 rings (SSSR count). The molecule has 1 aliphatic heterocycles. The van der Waals surface area contributed by atoms with Crippen LogP contribution in [-0.4, -0.2) is 35.6 Å². The largest absolute Gasteiger partial charge is 0.313 e. The number of likely N-dealkylation sites (tertiary alicyclic amines) is 1. The first-order valence-corrected chi connectivity index (χ1v) is 9.21. The van der Waals surface area contributed by atoms with Crippen molar-refractivity contribution < 1.29 is 0 Å². The van der Waals surface area contributed by atoms with Gasteiger partial charge in [-0.15, -0.1) is 0 Å². The summed E-state index contributed by atoms with van der Waals surface area (Å²) in [6, 6.07) is 3.17. The first kappa shape index (κ1) is 16.3. The highest BCUT2D eigenvalue weighted by molar-refractivity contribution is 4.97. The lowest BCUT2D eigenvalue weighted by Gasteiger charge is -2.45. The maximum absolute atomic E-state index is 3.80. The molecular weight excluding hydrogens is 244 g/mol. The molecule has 0 amide bonds. The normalized spacial score (nSPS) is 39.3. The van der Waals surface area contributed by atoms with Gasteiger partial charge < -0.3 is 5.32 Å². The van der Waals surface area contributed by atoms with Crippen LogP contribution in [0.1, 0.15) is 79.1 Å². The van der Waals surface area contributed by atoms with Crippen molar-refractivity contribution in [2.45, 2.75) is 103 Å². The molecule has 0 aromatic carbocycles. The SMILES string of the molecule is CCCC1CCC(NCC)C(N2C(C)CCC2CC)C1. The Kier molecular flexibility index (Phi) is 6.35. The molecule has 20 heavy (non-hydrogen) atoms. The van der Waals surface area contributed by atoms with Gasteiger partial charge >= 0.3 is 0 Å². The Labute approximate surface area is 126 Å². The van der Waals surface area contributed by atoms with Crippen molar-refractivity contribution in [2.75, 3.05) is 6.54 Å². The number of nitrogens with zero attached hydrogens (tertiary/aromatic N) is 1. The molecule has 0 radical (unpaired) electrons. The summed E-state index contributed by atoms with van der Waals surface area (Å²) >= 11 is 0. The van der Waals surface area contributed by atoms with Crippen LogP contribution in [0.15, 0.2) is 0 Å². The third-order valence-corrected chi connectivity index (χ3v) is 5.79. The van der Waals surface area contributed by atoms with Crippen molar-refractivity contribution in [3.8, 4) is 0 Å². The standard InChI is InChI=1S/C18H36N2/c1-5-8-15-10-12-17(19-7-3)18(13-15)20-14(4)9-11-16(20)6-2/h14-19H,5-13H2,1-4H3. The van der Waals surface area contributed by atoms with Crippen LogP contribution in [-0.2, 0) is 0 Å². The predicted molar refractivity (Wildman–Crippen MR) is 88.1 cm³/mol. The fraction of sp³-hybridized carbons (Fsp3) is 1.00. The van der Waals surface area contributed by atoms with Crippen molar-refractivity contribution in [1.29, 1.82) is 0 Å². The number of rotatable bonds is 6. The molecule has 5 atom stereocenters. The number of nitrogens with one attached hydrogen (secondary N) is 1. The summed E-state index contributed by atoms with van der Waals surface area (Å²) in [7, 11) is 0. The zero-order valence-corrected chi connectivity index (χ0v) is 14.2. The van der Waals surface area contributed by atoms with E-state index in [1.807, 2.05) is 0 Å². The van der Waals surface area contributed by atoms with Gasteiger partial charge in [-0.3, -0.25) is 4.90 Å². The zero-order chi connectivity index (χ0) is 14.5. The summed E-state index contributed by atoms with van der Waals surface area (Å²) < 4.78 is 0. The van der Waals surface area contributed by atoms with Crippen molar-refractivity contribution in [2.24, 2.45) is 5.92 Å². The summed E-state index contributed by atoms with van der Waals surface area (Å²) in [6.07, 6.45) is 11.2. The summed E-state index contributed by atoms with van der Waals surface area (Å²) in [4.78, 5) is 2.91. The second-order valence-electron chi connectivity index (χ2n) is 7.13. The molecule has 2 nitrogen and oxygen atoms in total. The van der Waals surface area contributed by atoms with Gasteiger partial charge in [0, 0.05) is 24.2 Å². The van der Waals surface area contributed by atoms with Crippen LogP contribution in [0.25, 0.3) is 0 Å². The molecule has 0 bridgehead atoms. The highest BCUT2D eigenvalue weighted by Gasteiger charge is 2.40. The minimum absolute atomic E-state index is 0.739. The minimum Gasteiger partial charge on any atom is -0.313 e. The number of likely N-dealkylation sites (N-methyl/N-ethyl adjacent to an activating group) is 1. The van der Waals surface area contributed by atoms with Gasteiger partial charge in [-0.1, -0.05) is 33.6 Å². The number of hydrogen-bond donors (Lipinski definition) is 1. The topological polar surface area (TPSA) is 15.3 Å². The lowest BCUT2D eigenvalue weighted by atomic mass is 9.79. The summed E-state index contributed by atoms with van der Waals surface area (Å²) in [5.74, 6) is 0.977. The van der Waals surface area contributed by atoms with E-state index in [-0.39, 0.29) is 0 Å². The van der Waals surface area contributed by atoms with Crippen LogP contribution in [0.3, 0.4) is 0 Å². The Morgan fingerprint density at radius 3 is 2.50 bits per heavy atom. The molecule has 1 heterocycles. The van der Waals surface area contributed by atoms with Crippen molar-refractivity contribution in [3.63, 3.8) is 0 Å². The van der Waals surface area contributed by atoms with E-state index in [2.05, 4.69) is 37.9 Å². The predicted octanol–water partition coefficient (Wildman–Crippen LogP) is 4.20. The van der Waals surface area contributed by atoms with E-state index in [0.717, 1.165) is 36.6 Å². The molecule has 1 saturated carbocycles. The second kappa shape index (κ2) is 7.79. The lowest BCUT2D eigenvalue weighted by molar-refractivity contribution is 0.0570. The average molecular weight is 281 g/mol. The third-order valence-electron chi connectivity index (χ3n) is 5.79. The van der Waals surface area contributed by atoms with Crippen LogP contribution in [0.5, 0.6) is 0 Å². The van der Waals surface area contributed by atoms with E-state index in [1.165, 1.54) is 51.4 Å². The molecule has 5 unspecified atom stereocenters. The van der Waals surface area contributed by atoms with Crippen LogP contribution < -0.4 is 5.32 Å². The Morgan fingerprint density at radius 1 is 1.05 bits per heavy atom. The van der Waals surface area contributed by atoms with Gasteiger partial charge in [0.15, 0.2) is 0 Å². The van der Waals surface area contributed by atoms with E-state index in [0.29, 0.717) is 0 Å². The Bertz CT molecular complexity index is 279. The first-order valence-electron chi connectivity index (χ1n) is 9.21. The maximum Gasteiger partial charge on any atom is 0.0257 e. The molecule has 1 N–H and O–H groups in total. The molecule has 0 aromatic heterocycles. The van der Waals surface area contributed by atoms with Gasteiger partial charge in [-0.05, 0) is 57.9 Å². The maximum atomic E-state index is 3.80. The minimum atomic E-state index is 0.739. The summed E-state index contributed by atoms with van der Waals surface area (Å²) in [5, 5.41) is 3.80. The molecule has 2 fully saturated rings. The van der Waals surface area contributed by atoms with Gasteiger partial charge in [0.25, 0.3) is 0 Å². The summed E-state index contributed by atoms with van der Waals surface area (Å²) in [6.45, 7) is 10.6. The molecule has 0 aromatic rings. The van der Waals surface area contributed by atoms with Crippen LogP contribution in [0.2, 0.25) is 0 Å². The molecule has 2 aliphatic rings. The highest BCUT2D eigenvalue weighted by atomic mass is 15.3. The fourth-order valence-corrected chi connectivity index (χ4v) is 4.84. The van der Waals surface area contributed by atoms with Crippen LogP contribution in [0, 0.1) is 5.92 Å². The van der Waals surface area contributed by atoms with E-state index in [1.54, 1.807) is 0 Å². The van der Waals surface area contributed by atoms with Gasteiger partial charge in [-0.25, -0.2) is 0 Å². The average Bonchev–Trinajstić information content (AvgIpc) is 2.82. The van der Waals surface area contributed by atoms with Gasteiger partial charge in [0.2, 0.25) is 0 Å². The van der Waals surface area contributed by atoms with Crippen LogP contribution >= 0.6 is 0 Å². The lowest BCUT2D eigenvalue weighted by Crippen LogP contribution is -2.56. The third kappa shape index (κ3) is 3.57. The fourth-order valence-electron chi connectivity index (χ4n) is 4.84. The van der Waals surface area contributed by atoms with E-state index < -0.39 is 0 Å². The molecule has 1 aliphatic carbocycles.